The minimum Gasteiger partial charge on any atom is -0.457 e. The standard InChI is InChI=1S/C14H8Cl2N2O2S/c15-7-1-3-9(10(16)5-7)12-4-2-8(20-12)6-11-13(19)18-14(21)17-11/h1-6H,(H2,17,18,19,21). The summed E-state index contributed by atoms with van der Waals surface area (Å²) in [7, 11) is 0. The Morgan fingerprint density at radius 1 is 1.14 bits per heavy atom. The van der Waals surface area contributed by atoms with Crippen LogP contribution in [0.2, 0.25) is 10.0 Å². The second kappa shape index (κ2) is 5.52. The Kier molecular flexibility index (Phi) is 3.71. The second-order valence-electron chi connectivity index (χ2n) is 4.29. The number of hydrogen-bond acceptors (Lipinski definition) is 3. The smallest absolute Gasteiger partial charge is 0.274 e. The van der Waals surface area contributed by atoms with E-state index in [1.54, 1.807) is 36.4 Å². The van der Waals surface area contributed by atoms with Crippen LogP contribution >= 0.6 is 35.4 Å². The van der Waals surface area contributed by atoms with Gasteiger partial charge in [0.05, 0.1) is 5.02 Å². The van der Waals surface area contributed by atoms with Crippen LogP contribution < -0.4 is 10.6 Å². The van der Waals surface area contributed by atoms with E-state index in [0.717, 1.165) is 5.56 Å². The second-order valence-corrected chi connectivity index (χ2v) is 5.54. The third-order valence-electron chi connectivity index (χ3n) is 2.83. The Bertz CT molecular complexity index is 783. The summed E-state index contributed by atoms with van der Waals surface area (Å²) >= 11 is 16.9. The van der Waals surface area contributed by atoms with E-state index in [4.69, 9.17) is 39.8 Å². The van der Waals surface area contributed by atoms with E-state index in [1.807, 2.05) is 0 Å². The molecule has 1 amide bonds. The van der Waals surface area contributed by atoms with Crippen LogP contribution in [0.5, 0.6) is 0 Å². The number of hydrogen-bond donors (Lipinski definition) is 2. The summed E-state index contributed by atoms with van der Waals surface area (Å²) in [5, 5.41) is 6.55. The molecule has 0 atom stereocenters. The van der Waals surface area contributed by atoms with E-state index in [2.05, 4.69) is 10.6 Å². The van der Waals surface area contributed by atoms with Crippen molar-refractivity contribution >= 4 is 52.5 Å². The van der Waals surface area contributed by atoms with Gasteiger partial charge >= 0.3 is 0 Å². The third kappa shape index (κ3) is 2.95. The van der Waals surface area contributed by atoms with Crippen molar-refractivity contribution in [3.8, 4) is 11.3 Å². The summed E-state index contributed by atoms with van der Waals surface area (Å²) in [6.45, 7) is 0. The number of rotatable bonds is 2. The molecule has 0 aliphatic carbocycles. The molecule has 1 saturated heterocycles. The lowest BCUT2D eigenvalue weighted by molar-refractivity contribution is -0.115. The maximum absolute atomic E-state index is 11.6. The molecule has 4 nitrogen and oxygen atoms in total. The van der Waals surface area contributed by atoms with Crippen LogP contribution in [0, 0.1) is 0 Å². The first kappa shape index (κ1) is 14.1. The zero-order chi connectivity index (χ0) is 15.0. The first-order valence-corrected chi connectivity index (χ1v) is 7.08. The first-order valence-electron chi connectivity index (χ1n) is 5.92. The molecule has 0 saturated carbocycles. The van der Waals surface area contributed by atoms with Gasteiger partial charge in [-0.05, 0) is 42.5 Å². The van der Waals surface area contributed by atoms with Crippen molar-refractivity contribution in [2.75, 3.05) is 0 Å². The van der Waals surface area contributed by atoms with Crippen LogP contribution in [0.1, 0.15) is 5.76 Å². The molecule has 2 aromatic rings. The molecule has 0 radical (unpaired) electrons. The van der Waals surface area contributed by atoms with Gasteiger partial charge in [0.15, 0.2) is 5.11 Å². The molecule has 2 heterocycles. The maximum Gasteiger partial charge on any atom is 0.274 e. The molecule has 1 aliphatic heterocycles. The number of carbonyl (C=O) groups is 1. The van der Waals surface area contributed by atoms with Crippen LogP contribution in [-0.4, -0.2) is 11.0 Å². The lowest BCUT2D eigenvalue weighted by atomic mass is 10.2. The fourth-order valence-electron chi connectivity index (χ4n) is 1.89. The van der Waals surface area contributed by atoms with Gasteiger partial charge in [-0.25, -0.2) is 0 Å². The predicted molar refractivity (Wildman–Crippen MR) is 86.0 cm³/mol. The lowest BCUT2D eigenvalue weighted by Crippen LogP contribution is -2.21. The van der Waals surface area contributed by atoms with Gasteiger partial charge < -0.3 is 9.73 Å². The SMILES string of the molecule is O=C1NC(=S)NC1=Cc1ccc(-c2ccc(Cl)cc2Cl)o1. The highest BCUT2D eigenvalue weighted by Crippen LogP contribution is 2.31. The minimum absolute atomic E-state index is 0.277. The lowest BCUT2D eigenvalue weighted by Gasteiger charge is -2.01. The van der Waals surface area contributed by atoms with Gasteiger partial charge in [-0.15, -0.1) is 0 Å². The van der Waals surface area contributed by atoms with Crippen LogP contribution in [0.3, 0.4) is 0 Å². The van der Waals surface area contributed by atoms with Crippen LogP contribution in [0.15, 0.2) is 40.4 Å². The predicted octanol–water partition coefficient (Wildman–Crippen LogP) is 3.60. The summed E-state index contributed by atoms with van der Waals surface area (Å²) in [6.07, 6.45) is 1.57. The van der Waals surface area contributed by atoms with E-state index in [9.17, 15) is 4.79 Å². The van der Waals surface area contributed by atoms with E-state index < -0.39 is 0 Å². The number of thiocarbonyl (C=S) groups is 1. The van der Waals surface area contributed by atoms with Gasteiger partial charge in [0.25, 0.3) is 5.91 Å². The number of amides is 1. The fourth-order valence-corrected chi connectivity index (χ4v) is 2.59. The van der Waals surface area contributed by atoms with Gasteiger partial charge in [0.2, 0.25) is 0 Å². The highest BCUT2D eigenvalue weighted by molar-refractivity contribution is 7.80. The average Bonchev–Trinajstić information content (AvgIpc) is 2.97. The molecule has 0 bridgehead atoms. The summed E-state index contributed by atoms with van der Waals surface area (Å²) in [5.41, 5.74) is 1.06. The van der Waals surface area contributed by atoms with Gasteiger partial charge in [0, 0.05) is 16.7 Å². The Balaban J connectivity index is 1.92. The number of halogens is 2. The summed E-state index contributed by atoms with van der Waals surface area (Å²) in [5.74, 6) is 0.811. The van der Waals surface area contributed by atoms with Crippen molar-refractivity contribution in [2.45, 2.75) is 0 Å². The largest absolute Gasteiger partial charge is 0.457 e. The molecule has 1 aromatic carbocycles. The maximum atomic E-state index is 11.6. The zero-order valence-electron chi connectivity index (χ0n) is 10.4. The molecule has 0 spiro atoms. The average molecular weight is 339 g/mol. The van der Waals surface area contributed by atoms with Crippen LogP contribution in [0.25, 0.3) is 17.4 Å². The van der Waals surface area contributed by atoms with Crippen molar-refractivity contribution in [1.29, 1.82) is 0 Å². The minimum atomic E-state index is -0.289. The molecular weight excluding hydrogens is 331 g/mol. The van der Waals surface area contributed by atoms with E-state index in [0.29, 0.717) is 27.3 Å². The highest BCUT2D eigenvalue weighted by Gasteiger charge is 2.20. The number of carbonyl (C=O) groups excluding carboxylic acids is 1. The number of nitrogens with one attached hydrogen (secondary N) is 2. The molecule has 2 N–H and O–H groups in total. The molecule has 7 heteroatoms. The van der Waals surface area contributed by atoms with Gasteiger partial charge in [-0.2, -0.15) is 0 Å². The normalized spacial score (nSPS) is 16.2. The van der Waals surface area contributed by atoms with Crippen LogP contribution in [0.4, 0.5) is 0 Å². The molecule has 0 unspecified atom stereocenters. The molecule has 106 valence electrons. The quantitative estimate of drug-likeness (QED) is 0.648. The monoisotopic (exact) mass is 338 g/mol. The van der Waals surface area contributed by atoms with Crippen LogP contribution in [-0.2, 0) is 4.79 Å². The number of furan rings is 1. The van der Waals surface area contributed by atoms with E-state index >= 15 is 0 Å². The number of benzene rings is 1. The Labute approximate surface area is 135 Å². The van der Waals surface area contributed by atoms with Crippen molar-refractivity contribution < 1.29 is 9.21 Å². The molecular formula is C14H8Cl2N2O2S. The van der Waals surface area contributed by atoms with E-state index in [1.165, 1.54) is 0 Å². The molecule has 1 fully saturated rings. The molecule has 1 aliphatic rings. The molecule has 3 rings (SSSR count). The first-order chi connectivity index (χ1) is 10.0. The summed E-state index contributed by atoms with van der Waals surface area (Å²) in [6, 6.07) is 8.66. The van der Waals surface area contributed by atoms with Crippen molar-refractivity contribution in [2.24, 2.45) is 0 Å². The summed E-state index contributed by atoms with van der Waals surface area (Å²) in [4.78, 5) is 11.6. The molecule has 21 heavy (non-hydrogen) atoms. The van der Waals surface area contributed by atoms with E-state index in [-0.39, 0.29) is 11.0 Å². The van der Waals surface area contributed by atoms with Crippen molar-refractivity contribution in [1.82, 2.24) is 10.6 Å². The Hall–Kier alpha value is -1.82. The van der Waals surface area contributed by atoms with Gasteiger partial charge in [0.1, 0.15) is 17.2 Å². The third-order valence-corrected chi connectivity index (χ3v) is 3.58. The summed E-state index contributed by atoms with van der Waals surface area (Å²) < 4.78 is 5.67. The highest BCUT2D eigenvalue weighted by atomic mass is 35.5. The van der Waals surface area contributed by atoms with Crippen molar-refractivity contribution in [3.05, 3.63) is 51.8 Å². The Morgan fingerprint density at radius 3 is 2.62 bits per heavy atom. The fraction of sp³-hybridized carbons (Fsp3) is 0. The van der Waals surface area contributed by atoms with Crippen molar-refractivity contribution in [3.63, 3.8) is 0 Å². The van der Waals surface area contributed by atoms with Gasteiger partial charge in [-0.3, -0.25) is 10.1 Å². The van der Waals surface area contributed by atoms with Gasteiger partial charge in [-0.1, -0.05) is 23.2 Å². The molecule has 1 aromatic heterocycles. The zero-order valence-corrected chi connectivity index (χ0v) is 12.8. The topological polar surface area (TPSA) is 54.3 Å². The Morgan fingerprint density at radius 2 is 1.95 bits per heavy atom.